The zero-order valence-electron chi connectivity index (χ0n) is 11.1. The van der Waals surface area contributed by atoms with Crippen LogP contribution in [0, 0.1) is 11.8 Å². The van der Waals surface area contributed by atoms with Gasteiger partial charge in [-0.3, -0.25) is 4.79 Å². The van der Waals surface area contributed by atoms with Crippen LogP contribution in [-0.2, 0) is 4.79 Å². The van der Waals surface area contributed by atoms with E-state index in [9.17, 15) is 4.79 Å². The molecule has 0 spiro atoms. The third kappa shape index (κ3) is 4.25. The molecule has 0 bridgehead atoms. The summed E-state index contributed by atoms with van der Waals surface area (Å²) >= 11 is 0. The van der Waals surface area contributed by atoms with E-state index in [-0.39, 0.29) is 12.0 Å². The minimum absolute atomic E-state index is 0.105. The van der Waals surface area contributed by atoms with E-state index in [2.05, 4.69) is 12.2 Å². The number of rotatable bonds is 6. The SMILES string of the molecule is CCNC(CC1CCCCC1)C(=O)C(C)C. The standard InChI is InChI=1S/C14H27NO/c1-4-15-13(14(16)11(2)3)10-12-8-6-5-7-9-12/h11-13,15H,4-10H2,1-3H3. The topological polar surface area (TPSA) is 29.1 Å². The third-order valence-corrected chi connectivity index (χ3v) is 3.66. The van der Waals surface area contributed by atoms with E-state index in [0.717, 1.165) is 18.9 Å². The van der Waals surface area contributed by atoms with Crippen molar-refractivity contribution in [2.24, 2.45) is 11.8 Å². The van der Waals surface area contributed by atoms with Crippen molar-refractivity contribution in [3.8, 4) is 0 Å². The Morgan fingerprint density at radius 3 is 2.38 bits per heavy atom. The van der Waals surface area contributed by atoms with Crippen LogP contribution in [0.4, 0.5) is 0 Å². The fraction of sp³-hybridized carbons (Fsp3) is 0.929. The lowest BCUT2D eigenvalue weighted by Crippen LogP contribution is -2.40. The minimum atomic E-state index is 0.105. The van der Waals surface area contributed by atoms with Gasteiger partial charge in [0.1, 0.15) is 0 Å². The molecule has 0 aromatic rings. The second-order valence-electron chi connectivity index (χ2n) is 5.41. The summed E-state index contributed by atoms with van der Waals surface area (Å²) in [5, 5.41) is 3.36. The molecule has 2 heteroatoms. The summed E-state index contributed by atoms with van der Waals surface area (Å²) in [4.78, 5) is 12.0. The van der Waals surface area contributed by atoms with Crippen molar-refractivity contribution in [1.29, 1.82) is 0 Å². The van der Waals surface area contributed by atoms with Crippen LogP contribution in [-0.4, -0.2) is 18.4 Å². The van der Waals surface area contributed by atoms with Gasteiger partial charge in [-0.2, -0.15) is 0 Å². The molecule has 1 aliphatic carbocycles. The highest BCUT2D eigenvalue weighted by atomic mass is 16.1. The van der Waals surface area contributed by atoms with Crippen molar-refractivity contribution in [3.05, 3.63) is 0 Å². The van der Waals surface area contributed by atoms with E-state index in [0.29, 0.717) is 5.78 Å². The molecule has 1 unspecified atom stereocenters. The minimum Gasteiger partial charge on any atom is -0.308 e. The fourth-order valence-electron chi connectivity index (χ4n) is 2.71. The van der Waals surface area contributed by atoms with Crippen molar-refractivity contribution in [3.63, 3.8) is 0 Å². The van der Waals surface area contributed by atoms with E-state index >= 15 is 0 Å². The highest BCUT2D eigenvalue weighted by molar-refractivity contribution is 5.85. The fourth-order valence-corrected chi connectivity index (χ4v) is 2.71. The van der Waals surface area contributed by atoms with Gasteiger partial charge in [-0.05, 0) is 18.9 Å². The van der Waals surface area contributed by atoms with Crippen molar-refractivity contribution in [2.75, 3.05) is 6.54 Å². The van der Waals surface area contributed by atoms with Crippen LogP contribution in [0.5, 0.6) is 0 Å². The zero-order chi connectivity index (χ0) is 12.0. The monoisotopic (exact) mass is 225 g/mol. The van der Waals surface area contributed by atoms with E-state index in [4.69, 9.17) is 0 Å². The predicted molar refractivity (Wildman–Crippen MR) is 68.5 cm³/mol. The van der Waals surface area contributed by atoms with Gasteiger partial charge in [0, 0.05) is 5.92 Å². The van der Waals surface area contributed by atoms with E-state index in [1.807, 2.05) is 13.8 Å². The van der Waals surface area contributed by atoms with Gasteiger partial charge in [0.15, 0.2) is 5.78 Å². The number of hydrogen-bond donors (Lipinski definition) is 1. The average Bonchev–Trinajstić information content (AvgIpc) is 2.29. The first-order valence-corrected chi connectivity index (χ1v) is 6.92. The van der Waals surface area contributed by atoms with Crippen LogP contribution in [0.2, 0.25) is 0 Å². The molecule has 1 N–H and O–H groups in total. The Morgan fingerprint density at radius 2 is 1.88 bits per heavy atom. The maximum absolute atomic E-state index is 12.0. The van der Waals surface area contributed by atoms with Gasteiger partial charge in [0.25, 0.3) is 0 Å². The summed E-state index contributed by atoms with van der Waals surface area (Å²) in [6, 6.07) is 0.105. The van der Waals surface area contributed by atoms with Crippen molar-refractivity contribution in [2.45, 2.75) is 65.3 Å². The van der Waals surface area contributed by atoms with Crippen molar-refractivity contribution >= 4 is 5.78 Å². The molecule has 0 saturated heterocycles. The summed E-state index contributed by atoms with van der Waals surface area (Å²) < 4.78 is 0. The molecule has 2 nitrogen and oxygen atoms in total. The Labute approximate surface area is 100 Å². The summed E-state index contributed by atoms with van der Waals surface area (Å²) in [5.74, 6) is 1.33. The molecule has 1 rings (SSSR count). The lowest BCUT2D eigenvalue weighted by molar-refractivity contribution is -0.124. The van der Waals surface area contributed by atoms with E-state index < -0.39 is 0 Å². The first kappa shape index (κ1) is 13.7. The van der Waals surface area contributed by atoms with Gasteiger partial charge in [0.2, 0.25) is 0 Å². The third-order valence-electron chi connectivity index (χ3n) is 3.66. The number of carbonyl (C=O) groups excluding carboxylic acids is 1. The maximum Gasteiger partial charge on any atom is 0.152 e. The normalized spacial score (nSPS) is 20.0. The first-order valence-electron chi connectivity index (χ1n) is 6.92. The second kappa shape index (κ2) is 7.05. The Kier molecular flexibility index (Phi) is 6.04. The molecular formula is C14H27NO. The van der Waals surface area contributed by atoms with Crippen LogP contribution in [0.15, 0.2) is 0 Å². The number of hydrogen-bond acceptors (Lipinski definition) is 2. The largest absolute Gasteiger partial charge is 0.308 e. The number of nitrogens with one attached hydrogen (secondary N) is 1. The van der Waals surface area contributed by atoms with E-state index in [1.165, 1.54) is 32.1 Å². The molecule has 1 aliphatic rings. The summed E-state index contributed by atoms with van der Waals surface area (Å²) in [5.41, 5.74) is 0. The molecule has 1 atom stereocenters. The molecule has 0 aromatic heterocycles. The number of carbonyl (C=O) groups is 1. The second-order valence-corrected chi connectivity index (χ2v) is 5.41. The summed E-state index contributed by atoms with van der Waals surface area (Å²) in [6.45, 7) is 7.00. The highest BCUT2D eigenvalue weighted by Crippen LogP contribution is 2.27. The molecule has 0 heterocycles. The van der Waals surface area contributed by atoms with Crippen LogP contribution in [0.1, 0.15) is 59.3 Å². The molecule has 0 aromatic carbocycles. The van der Waals surface area contributed by atoms with Crippen LogP contribution >= 0.6 is 0 Å². The van der Waals surface area contributed by atoms with Gasteiger partial charge >= 0.3 is 0 Å². The summed E-state index contributed by atoms with van der Waals surface area (Å²) in [6.07, 6.45) is 7.82. The maximum atomic E-state index is 12.0. The van der Waals surface area contributed by atoms with Gasteiger partial charge in [-0.1, -0.05) is 52.9 Å². The Balaban J connectivity index is 2.45. The zero-order valence-corrected chi connectivity index (χ0v) is 11.1. The van der Waals surface area contributed by atoms with Crippen molar-refractivity contribution < 1.29 is 4.79 Å². The molecule has 94 valence electrons. The molecule has 1 saturated carbocycles. The van der Waals surface area contributed by atoms with E-state index in [1.54, 1.807) is 0 Å². The molecule has 1 fully saturated rings. The molecule has 0 radical (unpaired) electrons. The van der Waals surface area contributed by atoms with Crippen LogP contribution < -0.4 is 5.32 Å². The molecule has 16 heavy (non-hydrogen) atoms. The highest BCUT2D eigenvalue weighted by Gasteiger charge is 2.24. The lowest BCUT2D eigenvalue weighted by Gasteiger charge is -2.27. The first-order chi connectivity index (χ1) is 7.65. The summed E-state index contributed by atoms with van der Waals surface area (Å²) in [7, 11) is 0. The van der Waals surface area contributed by atoms with Gasteiger partial charge in [-0.15, -0.1) is 0 Å². The molecule has 0 aliphatic heterocycles. The Bertz CT molecular complexity index is 207. The Hall–Kier alpha value is -0.370. The average molecular weight is 225 g/mol. The van der Waals surface area contributed by atoms with Crippen LogP contribution in [0.25, 0.3) is 0 Å². The van der Waals surface area contributed by atoms with Gasteiger partial charge in [0.05, 0.1) is 6.04 Å². The van der Waals surface area contributed by atoms with Crippen molar-refractivity contribution in [1.82, 2.24) is 5.32 Å². The smallest absolute Gasteiger partial charge is 0.152 e. The quantitative estimate of drug-likeness (QED) is 0.752. The number of ketones is 1. The van der Waals surface area contributed by atoms with Gasteiger partial charge in [-0.25, -0.2) is 0 Å². The lowest BCUT2D eigenvalue weighted by atomic mass is 9.83. The number of likely N-dealkylation sites (N-methyl/N-ethyl adjacent to an activating group) is 1. The van der Waals surface area contributed by atoms with Gasteiger partial charge < -0.3 is 5.32 Å². The van der Waals surface area contributed by atoms with Crippen LogP contribution in [0.3, 0.4) is 0 Å². The Morgan fingerprint density at radius 1 is 1.25 bits per heavy atom. The number of Topliss-reactive ketones (excluding diaryl/α,β-unsaturated/α-hetero) is 1. The molecular weight excluding hydrogens is 198 g/mol. The molecule has 0 amide bonds. The predicted octanol–water partition coefficient (Wildman–Crippen LogP) is 3.16.